The van der Waals surface area contributed by atoms with Gasteiger partial charge in [0.15, 0.2) is 0 Å². The lowest BCUT2D eigenvalue weighted by atomic mass is 9.96. The molecule has 0 saturated heterocycles. The third-order valence-corrected chi connectivity index (χ3v) is 5.67. The molecule has 0 bridgehead atoms. The predicted octanol–water partition coefficient (Wildman–Crippen LogP) is 4.06. The van der Waals surface area contributed by atoms with Crippen LogP contribution in [0.5, 0.6) is 0 Å². The monoisotopic (exact) mass is 409 g/mol. The molecule has 0 aliphatic heterocycles. The molecule has 6 nitrogen and oxygen atoms in total. The summed E-state index contributed by atoms with van der Waals surface area (Å²) in [5.74, 6) is -0.0590. The van der Waals surface area contributed by atoms with Crippen LogP contribution in [-0.4, -0.2) is 31.4 Å². The highest BCUT2D eigenvalue weighted by atomic mass is 79.9. The van der Waals surface area contributed by atoms with Crippen molar-refractivity contribution in [3.05, 3.63) is 28.7 Å². The third kappa shape index (κ3) is 4.36. The van der Waals surface area contributed by atoms with Crippen LogP contribution in [0.15, 0.2) is 33.9 Å². The predicted molar refractivity (Wildman–Crippen MR) is 98.0 cm³/mol. The van der Waals surface area contributed by atoms with Crippen LogP contribution in [0.1, 0.15) is 45.1 Å². The SMILES string of the molecule is C[C@@H](Sc1nnnn1C1CCCCC1)C(=O)Nc1cccc(Br)c1. The zero-order valence-electron chi connectivity index (χ0n) is 13.5. The highest BCUT2D eigenvalue weighted by Crippen LogP contribution is 2.31. The first-order valence-electron chi connectivity index (χ1n) is 8.14. The molecule has 0 spiro atoms. The number of thioether (sulfide) groups is 1. The van der Waals surface area contributed by atoms with Crippen molar-refractivity contribution < 1.29 is 4.79 Å². The van der Waals surface area contributed by atoms with Crippen molar-refractivity contribution in [1.82, 2.24) is 20.2 Å². The van der Waals surface area contributed by atoms with Gasteiger partial charge >= 0.3 is 0 Å². The fourth-order valence-electron chi connectivity index (χ4n) is 2.84. The van der Waals surface area contributed by atoms with E-state index in [1.54, 1.807) is 0 Å². The fourth-order valence-corrected chi connectivity index (χ4v) is 4.10. The Balaban J connectivity index is 1.63. The number of nitrogens with one attached hydrogen (secondary N) is 1. The van der Waals surface area contributed by atoms with E-state index >= 15 is 0 Å². The Morgan fingerprint density at radius 3 is 2.92 bits per heavy atom. The number of carbonyl (C=O) groups excluding carboxylic acids is 1. The molecule has 1 heterocycles. The van der Waals surface area contributed by atoms with E-state index in [1.807, 2.05) is 35.9 Å². The van der Waals surface area contributed by atoms with Gasteiger partial charge in [0, 0.05) is 10.2 Å². The number of hydrogen-bond acceptors (Lipinski definition) is 5. The van der Waals surface area contributed by atoms with Crippen LogP contribution in [-0.2, 0) is 4.79 Å². The lowest BCUT2D eigenvalue weighted by molar-refractivity contribution is -0.115. The Morgan fingerprint density at radius 2 is 2.17 bits per heavy atom. The number of tetrazole rings is 1. The number of benzene rings is 1. The highest BCUT2D eigenvalue weighted by Gasteiger charge is 2.23. The standard InChI is InChI=1S/C16H20BrN5OS/c1-11(15(23)18-13-7-5-6-12(17)10-13)24-16-19-20-21-22(16)14-8-3-2-4-9-14/h5-7,10-11,14H,2-4,8-9H2,1H3,(H,18,23)/t11-/m1/s1. The molecule has 1 aliphatic rings. The smallest absolute Gasteiger partial charge is 0.237 e. The van der Waals surface area contributed by atoms with E-state index in [9.17, 15) is 4.79 Å². The zero-order valence-corrected chi connectivity index (χ0v) is 15.9. The maximum absolute atomic E-state index is 12.4. The number of halogens is 1. The first-order chi connectivity index (χ1) is 11.6. The second-order valence-corrected chi connectivity index (χ2v) is 8.18. The largest absolute Gasteiger partial charge is 0.325 e. The molecular formula is C16H20BrN5OS. The number of rotatable bonds is 5. The molecule has 1 N–H and O–H groups in total. The van der Waals surface area contributed by atoms with Crippen LogP contribution in [0, 0.1) is 0 Å². The molecule has 1 aliphatic carbocycles. The molecule has 1 saturated carbocycles. The molecule has 24 heavy (non-hydrogen) atoms. The average Bonchev–Trinajstić information content (AvgIpc) is 3.03. The van der Waals surface area contributed by atoms with Gasteiger partial charge in [-0.25, -0.2) is 4.68 Å². The molecule has 1 atom stereocenters. The summed E-state index contributed by atoms with van der Waals surface area (Å²) in [5.41, 5.74) is 0.772. The van der Waals surface area contributed by atoms with Gasteiger partial charge in [0.2, 0.25) is 11.1 Å². The van der Waals surface area contributed by atoms with Gasteiger partial charge < -0.3 is 5.32 Å². The van der Waals surface area contributed by atoms with Gasteiger partial charge in [0.05, 0.1) is 11.3 Å². The van der Waals surface area contributed by atoms with Crippen LogP contribution >= 0.6 is 27.7 Å². The second-order valence-electron chi connectivity index (χ2n) is 5.96. The third-order valence-electron chi connectivity index (χ3n) is 4.13. The highest BCUT2D eigenvalue weighted by molar-refractivity contribution is 9.10. The molecule has 1 aromatic heterocycles. The Kier molecular flexibility index (Phi) is 5.89. The van der Waals surface area contributed by atoms with Crippen LogP contribution in [0.25, 0.3) is 0 Å². The van der Waals surface area contributed by atoms with Crippen molar-refractivity contribution in [1.29, 1.82) is 0 Å². The molecular weight excluding hydrogens is 390 g/mol. The van der Waals surface area contributed by atoms with Crippen molar-refractivity contribution in [3.63, 3.8) is 0 Å². The number of hydrogen-bond donors (Lipinski definition) is 1. The Labute approximate surface area is 153 Å². The van der Waals surface area contributed by atoms with Gasteiger partial charge in [0.1, 0.15) is 0 Å². The van der Waals surface area contributed by atoms with Gasteiger partial charge in [-0.05, 0) is 48.4 Å². The first-order valence-corrected chi connectivity index (χ1v) is 9.81. The molecule has 8 heteroatoms. The lowest BCUT2D eigenvalue weighted by Gasteiger charge is -2.22. The van der Waals surface area contributed by atoms with Gasteiger partial charge in [-0.3, -0.25) is 4.79 Å². The molecule has 0 unspecified atom stereocenters. The molecule has 128 valence electrons. The van der Waals surface area contributed by atoms with E-state index in [0.29, 0.717) is 6.04 Å². The summed E-state index contributed by atoms with van der Waals surface area (Å²) in [6.07, 6.45) is 5.93. The minimum Gasteiger partial charge on any atom is -0.325 e. The summed E-state index contributed by atoms with van der Waals surface area (Å²) >= 11 is 4.81. The van der Waals surface area contributed by atoms with Crippen molar-refractivity contribution in [2.75, 3.05) is 5.32 Å². The van der Waals surface area contributed by atoms with E-state index in [4.69, 9.17) is 0 Å². The summed E-state index contributed by atoms with van der Waals surface area (Å²) in [7, 11) is 0. The second kappa shape index (κ2) is 8.11. The van der Waals surface area contributed by atoms with E-state index in [0.717, 1.165) is 28.2 Å². The number of nitrogens with zero attached hydrogens (tertiary/aromatic N) is 4. The van der Waals surface area contributed by atoms with Crippen molar-refractivity contribution in [2.45, 2.75) is 55.5 Å². The summed E-state index contributed by atoms with van der Waals surface area (Å²) in [5, 5.41) is 15.4. The molecule has 0 radical (unpaired) electrons. The molecule has 2 aromatic rings. The minimum absolute atomic E-state index is 0.0590. The van der Waals surface area contributed by atoms with E-state index in [-0.39, 0.29) is 11.2 Å². The first kappa shape index (κ1) is 17.4. The van der Waals surface area contributed by atoms with E-state index < -0.39 is 0 Å². The summed E-state index contributed by atoms with van der Waals surface area (Å²) in [4.78, 5) is 12.4. The number of carbonyl (C=O) groups is 1. The summed E-state index contributed by atoms with van der Waals surface area (Å²) < 4.78 is 2.83. The molecule has 1 fully saturated rings. The summed E-state index contributed by atoms with van der Waals surface area (Å²) in [6, 6.07) is 7.91. The summed E-state index contributed by atoms with van der Waals surface area (Å²) in [6.45, 7) is 1.87. The van der Waals surface area contributed by atoms with E-state index in [2.05, 4.69) is 36.8 Å². The number of aromatic nitrogens is 4. The van der Waals surface area contributed by atoms with E-state index in [1.165, 1.54) is 31.0 Å². The van der Waals surface area contributed by atoms with Crippen LogP contribution in [0.4, 0.5) is 5.69 Å². The normalized spacial score (nSPS) is 16.8. The number of amides is 1. The maximum atomic E-state index is 12.4. The van der Waals surface area contributed by atoms with Gasteiger partial charge in [0.25, 0.3) is 0 Å². The van der Waals surface area contributed by atoms with Crippen molar-refractivity contribution in [2.24, 2.45) is 0 Å². The zero-order chi connectivity index (χ0) is 16.9. The Hall–Kier alpha value is -1.41. The quantitative estimate of drug-likeness (QED) is 0.753. The van der Waals surface area contributed by atoms with Crippen molar-refractivity contribution in [3.8, 4) is 0 Å². The lowest BCUT2D eigenvalue weighted by Crippen LogP contribution is -2.23. The topological polar surface area (TPSA) is 72.7 Å². The fraction of sp³-hybridized carbons (Fsp3) is 0.500. The maximum Gasteiger partial charge on any atom is 0.237 e. The Bertz CT molecular complexity index is 701. The number of anilines is 1. The Morgan fingerprint density at radius 1 is 1.38 bits per heavy atom. The molecule has 1 amide bonds. The van der Waals surface area contributed by atoms with Crippen LogP contribution in [0.3, 0.4) is 0 Å². The van der Waals surface area contributed by atoms with Gasteiger partial charge in [-0.15, -0.1) is 5.10 Å². The average molecular weight is 410 g/mol. The van der Waals surface area contributed by atoms with Gasteiger partial charge in [-0.2, -0.15) is 0 Å². The minimum atomic E-state index is -0.280. The van der Waals surface area contributed by atoms with Gasteiger partial charge in [-0.1, -0.05) is 53.0 Å². The van der Waals surface area contributed by atoms with Crippen LogP contribution in [0.2, 0.25) is 0 Å². The van der Waals surface area contributed by atoms with Crippen molar-refractivity contribution >= 4 is 39.3 Å². The molecule has 1 aromatic carbocycles. The molecule has 3 rings (SSSR count). The van der Waals surface area contributed by atoms with Crippen LogP contribution < -0.4 is 5.32 Å².